The molecule has 0 saturated carbocycles. The van der Waals surface area contributed by atoms with Gasteiger partial charge in [0.1, 0.15) is 5.75 Å². The monoisotopic (exact) mass is 320 g/mol. The first-order chi connectivity index (χ1) is 10.5. The van der Waals surface area contributed by atoms with Crippen LogP contribution in [0.15, 0.2) is 42.5 Å². The summed E-state index contributed by atoms with van der Waals surface area (Å²) in [6.07, 6.45) is 0.658. The molecule has 0 aliphatic heterocycles. The molecular weight excluding hydrogens is 304 g/mol. The van der Waals surface area contributed by atoms with Gasteiger partial charge in [0.15, 0.2) is 0 Å². The lowest BCUT2D eigenvalue weighted by Crippen LogP contribution is -2.16. The number of nitro benzene ring substituents is 1. The normalized spacial score (nSPS) is 12.0. The SMILES string of the molecule is COc1ccc(Cl)cc1C(CN)Cc1ccc([N+](=O)[O-])cc1. The molecular formula is C16H17ClN2O3. The summed E-state index contributed by atoms with van der Waals surface area (Å²) >= 11 is 6.06. The first-order valence-electron chi connectivity index (χ1n) is 6.82. The van der Waals surface area contributed by atoms with Crippen molar-refractivity contribution < 1.29 is 9.66 Å². The molecule has 2 aromatic carbocycles. The van der Waals surface area contributed by atoms with Crippen molar-refractivity contribution in [3.63, 3.8) is 0 Å². The largest absolute Gasteiger partial charge is 0.496 e. The van der Waals surface area contributed by atoms with E-state index in [0.717, 1.165) is 16.9 Å². The maximum Gasteiger partial charge on any atom is 0.269 e. The Morgan fingerprint density at radius 3 is 2.50 bits per heavy atom. The van der Waals surface area contributed by atoms with Crippen LogP contribution in [0.2, 0.25) is 5.02 Å². The minimum atomic E-state index is -0.413. The smallest absolute Gasteiger partial charge is 0.269 e. The second-order valence-electron chi connectivity index (χ2n) is 4.95. The standard InChI is InChI=1S/C16H17ClN2O3/c1-22-16-7-4-13(17)9-15(16)12(10-18)8-11-2-5-14(6-3-11)19(20)21/h2-7,9,12H,8,10,18H2,1H3. The van der Waals surface area contributed by atoms with Crippen LogP contribution >= 0.6 is 11.6 Å². The highest BCUT2D eigenvalue weighted by molar-refractivity contribution is 6.30. The van der Waals surface area contributed by atoms with Crippen LogP contribution < -0.4 is 10.5 Å². The number of nitrogens with two attached hydrogens (primary N) is 1. The summed E-state index contributed by atoms with van der Waals surface area (Å²) in [7, 11) is 1.60. The molecule has 0 fully saturated rings. The van der Waals surface area contributed by atoms with Gasteiger partial charge in [0, 0.05) is 28.6 Å². The molecule has 6 heteroatoms. The van der Waals surface area contributed by atoms with Crippen LogP contribution in [0.25, 0.3) is 0 Å². The zero-order chi connectivity index (χ0) is 16.1. The Hall–Kier alpha value is -2.11. The Labute approximate surface area is 133 Å². The highest BCUT2D eigenvalue weighted by atomic mass is 35.5. The summed E-state index contributed by atoms with van der Waals surface area (Å²) in [6.45, 7) is 0.424. The van der Waals surface area contributed by atoms with Crippen LogP contribution in [0.5, 0.6) is 5.75 Å². The number of rotatable bonds is 6. The summed E-state index contributed by atoms with van der Waals surface area (Å²) in [6, 6.07) is 11.9. The van der Waals surface area contributed by atoms with Crippen molar-refractivity contribution in [2.75, 3.05) is 13.7 Å². The first kappa shape index (κ1) is 16.3. The average molecular weight is 321 g/mol. The fourth-order valence-electron chi connectivity index (χ4n) is 2.38. The third kappa shape index (κ3) is 3.75. The Morgan fingerprint density at radius 1 is 1.27 bits per heavy atom. The number of hydrogen-bond acceptors (Lipinski definition) is 4. The molecule has 1 unspecified atom stereocenters. The first-order valence-corrected chi connectivity index (χ1v) is 7.19. The van der Waals surface area contributed by atoms with Crippen LogP contribution in [0.4, 0.5) is 5.69 Å². The minimum Gasteiger partial charge on any atom is -0.496 e. The molecule has 0 spiro atoms. The van der Waals surface area contributed by atoms with Gasteiger partial charge in [0.05, 0.1) is 12.0 Å². The maximum atomic E-state index is 10.7. The minimum absolute atomic E-state index is 0.0232. The Morgan fingerprint density at radius 2 is 1.95 bits per heavy atom. The molecule has 0 bridgehead atoms. The van der Waals surface area contributed by atoms with Crippen molar-refractivity contribution >= 4 is 17.3 Å². The van der Waals surface area contributed by atoms with Gasteiger partial charge in [-0.15, -0.1) is 0 Å². The highest BCUT2D eigenvalue weighted by Crippen LogP contribution is 2.31. The number of hydrogen-bond donors (Lipinski definition) is 1. The van der Waals surface area contributed by atoms with Gasteiger partial charge < -0.3 is 10.5 Å². The predicted molar refractivity (Wildman–Crippen MR) is 86.6 cm³/mol. The zero-order valence-electron chi connectivity index (χ0n) is 12.2. The van der Waals surface area contributed by atoms with Crippen LogP contribution in [0.1, 0.15) is 17.0 Å². The van der Waals surface area contributed by atoms with Crippen molar-refractivity contribution in [3.8, 4) is 5.75 Å². The average Bonchev–Trinajstić information content (AvgIpc) is 2.53. The van der Waals surface area contributed by atoms with Crippen molar-refractivity contribution in [2.24, 2.45) is 5.73 Å². The molecule has 0 radical (unpaired) electrons. The van der Waals surface area contributed by atoms with Gasteiger partial charge in [-0.3, -0.25) is 10.1 Å². The molecule has 22 heavy (non-hydrogen) atoms. The number of nitro groups is 1. The van der Waals surface area contributed by atoms with Crippen molar-refractivity contribution in [1.82, 2.24) is 0 Å². The van der Waals surface area contributed by atoms with E-state index in [1.807, 2.05) is 12.1 Å². The van der Waals surface area contributed by atoms with Gasteiger partial charge in [-0.25, -0.2) is 0 Å². The van der Waals surface area contributed by atoms with E-state index in [-0.39, 0.29) is 11.6 Å². The molecule has 0 aliphatic carbocycles. The second-order valence-corrected chi connectivity index (χ2v) is 5.38. The molecule has 0 saturated heterocycles. The number of benzene rings is 2. The third-order valence-electron chi connectivity index (χ3n) is 3.55. The number of ether oxygens (including phenoxy) is 1. The molecule has 2 rings (SSSR count). The molecule has 0 heterocycles. The number of halogens is 1. The molecule has 1 atom stereocenters. The quantitative estimate of drug-likeness (QED) is 0.652. The third-order valence-corrected chi connectivity index (χ3v) is 3.78. The van der Waals surface area contributed by atoms with E-state index in [1.165, 1.54) is 12.1 Å². The fourth-order valence-corrected chi connectivity index (χ4v) is 2.56. The van der Waals surface area contributed by atoms with E-state index in [2.05, 4.69) is 0 Å². The van der Waals surface area contributed by atoms with Gasteiger partial charge in [-0.1, -0.05) is 23.7 Å². The predicted octanol–water partition coefficient (Wildman–Crippen LogP) is 3.54. The lowest BCUT2D eigenvalue weighted by atomic mass is 9.91. The number of methoxy groups -OCH3 is 1. The molecule has 5 nitrogen and oxygen atoms in total. The summed E-state index contributed by atoms with van der Waals surface area (Å²) in [5, 5.41) is 11.3. The molecule has 0 aliphatic rings. The van der Waals surface area contributed by atoms with Crippen molar-refractivity contribution in [2.45, 2.75) is 12.3 Å². The van der Waals surface area contributed by atoms with Crippen LogP contribution in [0.3, 0.4) is 0 Å². The molecule has 0 amide bonds. The fraction of sp³-hybridized carbons (Fsp3) is 0.250. The molecule has 0 aromatic heterocycles. The van der Waals surface area contributed by atoms with E-state index in [4.69, 9.17) is 22.1 Å². The van der Waals surface area contributed by atoms with Gasteiger partial charge >= 0.3 is 0 Å². The molecule has 116 valence electrons. The van der Waals surface area contributed by atoms with Crippen molar-refractivity contribution in [1.29, 1.82) is 0 Å². The summed E-state index contributed by atoms with van der Waals surface area (Å²) in [5.41, 5.74) is 7.89. The van der Waals surface area contributed by atoms with Gasteiger partial charge in [-0.05, 0) is 36.7 Å². The van der Waals surface area contributed by atoms with Gasteiger partial charge in [-0.2, -0.15) is 0 Å². The summed E-state index contributed by atoms with van der Waals surface area (Å²) < 4.78 is 5.37. The lowest BCUT2D eigenvalue weighted by molar-refractivity contribution is -0.384. The Bertz CT molecular complexity index is 659. The number of nitrogens with zero attached hydrogens (tertiary/aromatic N) is 1. The zero-order valence-corrected chi connectivity index (χ0v) is 12.9. The summed E-state index contributed by atoms with van der Waals surface area (Å²) in [5.74, 6) is 0.761. The van der Waals surface area contributed by atoms with Crippen LogP contribution in [0, 0.1) is 10.1 Å². The highest BCUT2D eigenvalue weighted by Gasteiger charge is 2.16. The van der Waals surface area contributed by atoms with E-state index in [1.54, 1.807) is 25.3 Å². The van der Waals surface area contributed by atoms with Gasteiger partial charge in [0.25, 0.3) is 5.69 Å². The molecule has 2 N–H and O–H groups in total. The second kappa shape index (κ2) is 7.24. The van der Waals surface area contributed by atoms with Crippen LogP contribution in [-0.2, 0) is 6.42 Å². The lowest BCUT2D eigenvalue weighted by Gasteiger charge is -2.18. The topological polar surface area (TPSA) is 78.4 Å². The van der Waals surface area contributed by atoms with Crippen molar-refractivity contribution in [3.05, 3.63) is 68.7 Å². The number of non-ortho nitro benzene ring substituents is 1. The molecule has 2 aromatic rings. The van der Waals surface area contributed by atoms with E-state index in [9.17, 15) is 10.1 Å². The van der Waals surface area contributed by atoms with Crippen LogP contribution in [-0.4, -0.2) is 18.6 Å². The summed E-state index contributed by atoms with van der Waals surface area (Å²) in [4.78, 5) is 10.3. The van der Waals surface area contributed by atoms with E-state index >= 15 is 0 Å². The van der Waals surface area contributed by atoms with E-state index < -0.39 is 4.92 Å². The Balaban J connectivity index is 2.25. The van der Waals surface area contributed by atoms with E-state index in [0.29, 0.717) is 18.0 Å². The maximum absolute atomic E-state index is 10.7. The van der Waals surface area contributed by atoms with Gasteiger partial charge in [0.2, 0.25) is 0 Å². The Kier molecular flexibility index (Phi) is 5.35.